The Morgan fingerprint density at radius 2 is 2.00 bits per heavy atom. The number of hydrogen-bond acceptors (Lipinski definition) is 2. The van der Waals surface area contributed by atoms with Crippen LogP contribution in [0.15, 0.2) is 0 Å². The molecule has 0 aromatic carbocycles. The topological polar surface area (TPSA) is 30.3 Å². The third-order valence-corrected chi connectivity index (χ3v) is 2.90. The molecule has 1 aliphatic rings. The fraction of sp³-hybridized carbons (Fsp3) is 0.900. The molecule has 0 aromatic heterocycles. The van der Waals surface area contributed by atoms with Crippen molar-refractivity contribution in [3.05, 3.63) is 0 Å². The second kappa shape index (κ2) is 4.61. The normalized spacial score (nSPS) is 20.2. The molecular weight excluding hydrogens is 162 g/mol. The highest BCUT2D eigenvalue weighted by Gasteiger charge is 2.21. The minimum absolute atomic E-state index is 0.610. The van der Waals surface area contributed by atoms with Crippen LogP contribution in [0.4, 0.5) is 0 Å². The molecule has 0 amide bonds. The average Bonchev–Trinajstić information content (AvgIpc) is 2.09. The molecule has 0 aromatic rings. The molecule has 0 atom stereocenters. The second-order valence-corrected chi connectivity index (χ2v) is 3.91. The van der Waals surface area contributed by atoms with Gasteiger partial charge in [-0.25, -0.2) is 0 Å². The van der Waals surface area contributed by atoms with E-state index in [9.17, 15) is 0 Å². The number of likely N-dealkylation sites (tertiary alicyclic amines) is 1. The highest BCUT2D eigenvalue weighted by atomic mass is 15.2. The molecule has 3 heteroatoms. The van der Waals surface area contributed by atoms with Crippen molar-refractivity contribution in [3.8, 4) is 0 Å². The van der Waals surface area contributed by atoms with Crippen molar-refractivity contribution in [1.29, 1.82) is 5.41 Å². The van der Waals surface area contributed by atoms with Crippen LogP contribution in [-0.2, 0) is 0 Å². The van der Waals surface area contributed by atoms with Crippen molar-refractivity contribution in [2.75, 3.05) is 26.7 Å². The molecule has 0 unspecified atom stereocenters. The lowest BCUT2D eigenvalue weighted by Crippen LogP contribution is -2.45. The van der Waals surface area contributed by atoms with Gasteiger partial charge in [0.2, 0.25) is 0 Å². The van der Waals surface area contributed by atoms with Crippen molar-refractivity contribution in [1.82, 2.24) is 9.80 Å². The van der Waals surface area contributed by atoms with Crippen LogP contribution in [0.25, 0.3) is 0 Å². The lowest BCUT2D eigenvalue weighted by Gasteiger charge is -2.37. The second-order valence-electron chi connectivity index (χ2n) is 3.91. The zero-order chi connectivity index (χ0) is 9.84. The van der Waals surface area contributed by atoms with Gasteiger partial charge in [0, 0.05) is 12.6 Å². The summed E-state index contributed by atoms with van der Waals surface area (Å²) in [6.45, 7) is 7.35. The Bertz CT molecular complexity index is 171. The quantitative estimate of drug-likeness (QED) is 0.518. The molecule has 1 aliphatic heterocycles. The van der Waals surface area contributed by atoms with E-state index < -0.39 is 0 Å². The Hall–Kier alpha value is -0.570. The monoisotopic (exact) mass is 183 g/mol. The number of piperidine rings is 1. The maximum absolute atomic E-state index is 7.65. The molecule has 1 rings (SSSR count). The first kappa shape index (κ1) is 10.5. The van der Waals surface area contributed by atoms with Gasteiger partial charge in [0.25, 0.3) is 0 Å². The van der Waals surface area contributed by atoms with E-state index in [1.165, 1.54) is 25.9 Å². The van der Waals surface area contributed by atoms with Crippen LogP contribution in [-0.4, -0.2) is 48.4 Å². The molecule has 1 fully saturated rings. The number of nitrogens with zero attached hydrogens (tertiary/aromatic N) is 2. The zero-order valence-electron chi connectivity index (χ0n) is 9.01. The van der Waals surface area contributed by atoms with Gasteiger partial charge in [-0.1, -0.05) is 0 Å². The molecule has 76 valence electrons. The van der Waals surface area contributed by atoms with Gasteiger partial charge in [-0.2, -0.15) is 0 Å². The maximum atomic E-state index is 7.65. The molecule has 0 bridgehead atoms. The fourth-order valence-electron chi connectivity index (χ4n) is 2.08. The molecular formula is C10H21N3. The summed E-state index contributed by atoms with van der Waals surface area (Å²) in [7, 11) is 2.17. The first-order valence-electron chi connectivity index (χ1n) is 5.15. The summed E-state index contributed by atoms with van der Waals surface area (Å²) in [5, 5.41) is 7.65. The zero-order valence-corrected chi connectivity index (χ0v) is 9.01. The van der Waals surface area contributed by atoms with E-state index >= 15 is 0 Å². The molecule has 0 aliphatic carbocycles. The summed E-state index contributed by atoms with van der Waals surface area (Å²) in [5.41, 5.74) is 0. The Labute approximate surface area is 81.2 Å². The van der Waals surface area contributed by atoms with Gasteiger partial charge in [0.15, 0.2) is 0 Å². The predicted octanol–water partition coefficient (Wildman–Crippen LogP) is 1.40. The third-order valence-electron chi connectivity index (χ3n) is 2.90. The van der Waals surface area contributed by atoms with Crippen LogP contribution in [0.2, 0.25) is 0 Å². The largest absolute Gasteiger partial charge is 0.358 e. The van der Waals surface area contributed by atoms with E-state index in [4.69, 9.17) is 5.41 Å². The smallest absolute Gasteiger partial charge is 0.0928 e. The van der Waals surface area contributed by atoms with Gasteiger partial charge in [0.1, 0.15) is 0 Å². The summed E-state index contributed by atoms with van der Waals surface area (Å²) < 4.78 is 0. The summed E-state index contributed by atoms with van der Waals surface area (Å²) >= 11 is 0. The van der Waals surface area contributed by atoms with Crippen molar-refractivity contribution in [2.24, 2.45) is 0 Å². The predicted molar refractivity (Wildman–Crippen MR) is 56.3 cm³/mol. The molecule has 3 nitrogen and oxygen atoms in total. The minimum atomic E-state index is 0.610. The molecule has 1 heterocycles. The highest BCUT2D eigenvalue weighted by molar-refractivity contribution is 5.76. The van der Waals surface area contributed by atoms with Gasteiger partial charge >= 0.3 is 0 Å². The maximum Gasteiger partial charge on any atom is 0.0928 e. The van der Waals surface area contributed by atoms with Gasteiger partial charge in [0.05, 0.1) is 5.84 Å². The lowest BCUT2D eigenvalue weighted by atomic mass is 10.0. The molecule has 0 radical (unpaired) electrons. The molecule has 13 heavy (non-hydrogen) atoms. The van der Waals surface area contributed by atoms with Gasteiger partial charge in [-0.15, -0.1) is 0 Å². The van der Waals surface area contributed by atoms with E-state index in [-0.39, 0.29) is 0 Å². The fourth-order valence-corrected chi connectivity index (χ4v) is 2.08. The van der Waals surface area contributed by atoms with Crippen molar-refractivity contribution in [3.63, 3.8) is 0 Å². The van der Waals surface area contributed by atoms with Crippen LogP contribution in [0, 0.1) is 5.41 Å². The summed E-state index contributed by atoms with van der Waals surface area (Å²) in [5.74, 6) is 0.719. The molecule has 1 N–H and O–H groups in total. The average molecular weight is 183 g/mol. The Morgan fingerprint density at radius 3 is 2.38 bits per heavy atom. The van der Waals surface area contributed by atoms with Gasteiger partial charge in [-0.05, 0) is 46.8 Å². The SMILES string of the molecule is CCN(C(C)=N)C1CCN(C)CC1. The van der Waals surface area contributed by atoms with Crippen LogP contribution in [0.5, 0.6) is 0 Å². The molecule has 1 saturated heterocycles. The highest BCUT2D eigenvalue weighted by Crippen LogP contribution is 2.15. The lowest BCUT2D eigenvalue weighted by molar-refractivity contribution is 0.178. The molecule has 0 saturated carbocycles. The first-order chi connectivity index (χ1) is 6.15. The molecule has 0 spiro atoms. The van der Waals surface area contributed by atoms with E-state index in [0.29, 0.717) is 6.04 Å². The minimum Gasteiger partial charge on any atom is -0.358 e. The third kappa shape index (κ3) is 2.69. The Morgan fingerprint density at radius 1 is 1.46 bits per heavy atom. The van der Waals surface area contributed by atoms with Crippen molar-refractivity contribution in [2.45, 2.75) is 32.7 Å². The number of rotatable bonds is 2. The van der Waals surface area contributed by atoms with Crippen molar-refractivity contribution >= 4 is 5.84 Å². The van der Waals surface area contributed by atoms with Crippen LogP contribution >= 0.6 is 0 Å². The van der Waals surface area contributed by atoms with E-state index in [2.05, 4.69) is 23.8 Å². The standard InChI is InChI=1S/C10H21N3/c1-4-13(9(2)11)10-5-7-12(3)8-6-10/h10-11H,4-8H2,1-3H3. The van der Waals surface area contributed by atoms with E-state index in [1.807, 2.05) is 6.92 Å². The summed E-state index contributed by atoms with van der Waals surface area (Å²) in [6, 6.07) is 0.610. The number of hydrogen-bond donors (Lipinski definition) is 1. The van der Waals surface area contributed by atoms with Gasteiger partial charge in [-0.3, -0.25) is 5.41 Å². The summed E-state index contributed by atoms with van der Waals surface area (Å²) in [4.78, 5) is 4.58. The number of amidine groups is 1. The van der Waals surface area contributed by atoms with Crippen LogP contribution in [0.3, 0.4) is 0 Å². The number of nitrogens with one attached hydrogen (secondary N) is 1. The Balaban J connectivity index is 2.46. The van der Waals surface area contributed by atoms with E-state index in [1.54, 1.807) is 0 Å². The Kier molecular flexibility index (Phi) is 3.72. The van der Waals surface area contributed by atoms with Gasteiger partial charge < -0.3 is 9.80 Å². The van der Waals surface area contributed by atoms with Crippen molar-refractivity contribution < 1.29 is 0 Å². The first-order valence-corrected chi connectivity index (χ1v) is 5.15. The van der Waals surface area contributed by atoms with E-state index in [0.717, 1.165) is 12.4 Å². The summed E-state index contributed by atoms with van der Waals surface area (Å²) in [6.07, 6.45) is 2.42. The van der Waals surface area contributed by atoms with Crippen LogP contribution < -0.4 is 0 Å². The van der Waals surface area contributed by atoms with Crippen LogP contribution in [0.1, 0.15) is 26.7 Å².